The average Bonchev–Trinajstić information content (AvgIpc) is 2.99. The molecule has 23 heavy (non-hydrogen) atoms. The zero-order valence-electron chi connectivity index (χ0n) is 15.6. The van der Waals surface area contributed by atoms with Crippen LogP contribution in [0.1, 0.15) is 84.5 Å². The van der Waals surface area contributed by atoms with Crippen LogP contribution in [0, 0.1) is 11.8 Å². The zero-order chi connectivity index (χ0) is 16.8. The van der Waals surface area contributed by atoms with Gasteiger partial charge in [-0.2, -0.15) is 0 Å². The van der Waals surface area contributed by atoms with E-state index in [9.17, 15) is 0 Å². The number of hydrogen-bond acceptors (Lipinski definition) is 0. The molecule has 0 radical (unpaired) electrons. The van der Waals surface area contributed by atoms with E-state index in [-0.39, 0.29) is 0 Å². The second kappa shape index (κ2) is 13.4. The summed E-state index contributed by atoms with van der Waals surface area (Å²) in [4.78, 5) is 0. The van der Waals surface area contributed by atoms with Gasteiger partial charge in [0.1, 0.15) is 0 Å². The molecule has 0 saturated heterocycles. The van der Waals surface area contributed by atoms with Crippen molar-refractivity contribution in [1.29, 1.82) is 0 Å². The topological polar surface area (TPSA) is 0 Å². The zero-order valence-corrected chi connectivity index (χ0v) is 15.6. The molecule has 1 unspecified atom stereocenters. The van der Waals surface area contributed by atoms with Gasteiger partial charge in [0.2, 0.25) is 0 Å². The van der Waals surface area contributed by atoms with Gasteiger partial charge in [-0.1, -0.05) is 88.5 Å². The summed E-state index contributed by atoms with van der Waals surface area (Å²) in [5.41, 5.74) is 1.42. The second-order valence-electron chi connectivity index (χ2n) is 7.02. The van der Waals surface area contributed by atoms with Crippen molar-refractivity contribution in [3.8, 4) is 0 Å². The van der Waals surface area contributed by atoms with Crippen molar-refractivity contribution in [2.45, 2.75) is 84.5 Å². The van der Waals surface area contributed by atoms with Crippen molar-refractivity contribution < 1.29 is 0 Å². The Bertz CT molecular complexity index is 383. The normalized spacial score (nSPS) is 22.4. The Morgan fingerprint density at radius 1 is 1.09 bits per heavy atom. The molecule has 0 N–H and O–H groups in total. The largest absolute Gasteiger partial charge is 0.0991 e. The lowest BCUT2D eigenvalue weighted by atomic mass is 9.88. The molecule has 1 aliphatic carbocycles. The first kappa shape index (κ1) is 20.0. The highest BCUT2D eigenvalue weighted by molar-refractivity contribution is 5.22. The van der Waals surface area contributed by atoms with Crippen LogP contribution in [0.25, 0.3) is 0 Å². The van der Waals surface area contributed by atoms with E-state index in [2.05, 4.69) is 50.8 Å². The molecule has 2 atom stereocenters. The molecule has 0 bridgehead atoms. The standard InChI is InChI=1S/C23H38/c1-4-7-8-11-17-22-19-13-20-23(22)18-12-9-10-16-21(14-5-2)15-6-3/h5-6,8,11,14-15,22-23H,2,4,7,9-10,12-13,16-20H2,1,3H3/b11-8-,15-6-,21-14+/t22-,23?/m0/s1. The summed E-state index contributed by atoms with van der Waals surface area (Å²) in [6.07, 6.45) is 28.3. The molecular formula is C23H38. The quantitative estimate of drug-likeness (QED) is 0.196. The molecule has 0 nitrogen and oxygen atoms in total. The SMILES string of the molecule is C=C/C=C(\C=C/C)CCCCCC1CCC[C@@H]1C/C=C\CCC. The summed E-state index contributed by atoms with van der Waals surface area (Å²) in [5.74, 6) is 1.97. The predicted molar refractivity (Wildman–Crippen MR) is 106 cm³/mol. The molecule has 1 saturated carbocycles. The van der Waals surface area contributed by atoms with Crippen molar-refractivity contribution in [2.24, 2.45) is 11.8 Å². The van der Waals surface area contributed by atoms with E-state index in [1.54, 1.807) is 0 Å². The molecule has 0 heteroatoms. The molecule has 0 amide bonds. The third-order valence-electron chi connectivity index (χ3n) is 5.13. The Labute approximate surface area is 145 Å². The summed E-state index contributed by atoms with van der Waals surface area (Å²) in [5, 5.41) is 0. The average molecular weight is 315 g/mol. The first-order chi connectivity index (χ1) is 11.3. The van der Waals surface area contributed by atoms with Crippen LogP contribution in [-0.4, -0.2) is 0 Å². The van der Waals surface area contributed by atoms with Gasteiger partial charge in [-0.05, 0) is 56.4 Å². The maximum Gasteiger partial charge on any atom is -0.0279 e. The molecule has 1 rings (SSSR count). The minimum absolute atomic E-state index is 0.974. The Kier molecular flexibility index (Phi) is 11.7. The fraction of sp³-hybridized carbons (Fsp3) is 0.652. The van der Waals surface area contributed by atoms with Crippen LogP contribution in [-0.2, 0) is 0 Å². The van der Waals surface area contributed by atoms with Crippen LogP contribution in [0.3, 0.4) is 0 Å². The van der Waals surface area contributed by atoms with Crippen molar-refractivity contribution in [3.63, 3.8) is 0 Å². The maximum atomic E-state index is 3.81. The fourth-order valence-electron chi connectivity index (χ4n) is 3.86. The molecule has 1 fully saturated rings. The lowest BCUT2D eigenvalue weighted by Gasteiger charge is -2.18. The summed E-state index contributed by atoms with van der Waals surface area (Å²) in [7, 11) is 0. The highest BCUT2D eigenvalue weighted by Crippen LogP contribution is 2.37. The van der Waals surface area contributed by atoms with Crippen LogP contribution < -0.4 is 0 Å². The van der Waals surface area contributed by atoms with Gasteiger partial charge in [0, 0.05) is 0 Å². The molecule has 0 spiro atoms. The molecule has 0 aromatic heterocycles. The minimum atomic E-state index is 0.974. The van der Waals surface area contributed by atoms with Gasteiger partial charge < -0.3 is 0 Å². The van der Waals surface area contributed by atoms with E-state index in [1.807, 2.05) is 6.08 Å². The third-order valence-corrected chi connectivity index (χ3v) is 5.13. The van der Waals surface area contributed by atoms with Gasteiger partial charge in [0.25, 0.3) is 0 Å². The van der Waals surface area contributed by atoms with Crippen LogP contribution in [0.2, 0.25) is 0 Å². The monoisotopic (exact) mass is 314 g/mol. The predicted octanol–water partition coefficient (Wildman–Crippen LogP) is 7.79. The summed E-state index contributed by atoms with van der Waals surface area (Å²) >= 11 is 0. The highest BCUT2D eigenvalue weighted by atomic mass is 14.3. The lowest BCUT2D eigenvalue weighted by Crippen LogP contribution is -2.07. The van der Waals surface area contributed by atoms with E-state index >= 15 is 0 Å². The first-order valence-corrected chi connectivity index (χ1v) is 9.91. The lowest BCUT2D eigenvalue weighted by molar-refractivity contribution is 0.353. The Morgan fingerprint density at radius 3 is 2.65 bits per heavy atom. The maximum absolute atomic E-state index is 3.81. The van der Waals surface area contributed by atoms with Crippen molar-refractivity contribution in [2.75, 3.05) is 0 Å². The molecule has 0 aromatic carbocycles. The Morgan fingerprint density at radius 2 is 1.91 bits per heavy atom. The third kappa shape index (κ3) is 8.98. The number of unbranched alkanes of at least 4 members (excludes halogenated alkanes) is 3. The summed E-state index contributed by atoms with van der Waals surface area (Å²) in [6, 6.07) is 0. The first-order valence-electron chi connectivity index (χ1n) is 9.91. The fourth-order valence-corrected chi connectivity index (χ4v) is 3.86. The summed E-state index contributed by atoms with van der Waals surface area (Å²) < 4.78 is 0. The Hall–Kier alpha value is -1.04. The molecule has 130 valence electrons. The van der Waals surface area contributed by atoms with Crippen molar-refractivity contribution >= 4 is 0 Å². The van der Waals surface area contributed by atoms with Crippen molar-refractivity contribution in [1.82, 2.24) is 0 Å². The molecule has 0 aliphatic heterocycles. The highest BCUT2D eigenvalue weighted by Gasteiger charge is 2.25. The molecular weight excluding hydrogens is 276 g/mol. The van der Waals surface area contributed by atoms with Gasteiger partial charge >= 0.3 is 0 Å². The minimum Gasteiger partial charge on any atom is -0.0991 e. The van der Waals surface area contributed by atoms with Crippen LogP contribution >= 0.6 is 0 Å². The molecule has 1 aliphatic rings. The van der Waals surface area contributed by atoms with Gasteiger partial charge in [-0.25, -0.2) is 0 Å². The van der Waals surface area contributed by atoms with E-state index in [1.165, 1.54) is 76.2 Å². The van der Waals surface area contributed by atoms with Crippen LogP contribution in [0.15, 0.2) is 48.6 Å². The van der Waals surface area contributed by atoms with E-state index < -0.39 is 0 Å². The Balaban J connectivity index is 2.18. The second-order valence-corrected chi connectivity index (χ2v) is 7.02. The van der Waals surface area contributed by atoms with Crippen molar-refractivity contribution in [3.05, 3.63) is 48.6 Å². The number of rotatable bonds is 12. The number of hydrogen-bond donors (Lipinski definition) is 0. The van der Waals surface area contributed by atoms with Crippen LogP contribution in [0.5, 0.6) is 0 Å². The smallest absolute Gasteiger partial charge is 0.0279 e. The van der Waals surface area contributed by atoms with E-state index in [0.717, 1.165) is 11.8 Å². The van der Waals surface area contributed by atoms with Crippen LogP contribution in [0.4, 0.5) is 0 Å². The molecule has 0 heterocycles. The summed E-state index contributed by atoms with van der Waals surface area (Å²) in [6.45, 7) is 8.16. The van der Waals surface area contributed by atoms with Gasteiger partial charge in [-0.3, -0.25) is 0 Å². The number of allylic oxidation sites excluding steroid dienone is 7. The van der Waals surface area contributed by atoms with E-state index in [0.29, 0.717) is 0 Å². The van der Waals surface area contributed by atoms with Gasteiger partial charge in [0.15, 0.2) is 0 Å². The van der Waals surface area contributed by atoms with Gasteiger partial charge in [-0.15, -0.1) is 0 Å². The van der Waals surface area contributed by atoms with Gasteiger partial charge in [0.05, 0.1) is 0 Å². The van der Waals surface area contributed by atoms with E-state index in [4.69, 9.17) is 0 Å². The molecule has 0 aromatic rings.